The van der Waals surface area contributed by atoms with Crippen LogP contribution in [0.3, 0.4) is 0 Å². The molecule has 1 aromatic rings. The molecule has 0 aliphatic rings. The molecule has 0 aliphatic carbocycles. The molecule has 5 heteroatoms. The molecule has 0 bridgehead atoms. The standard InChI is InChI=1S/C7H10N4S/c1-3-9-7-6(12-8)5(2)10-4-11-7/h3-4H,8H2,1-2H3/b9-3-. The van der Waals surface area contributed by atoms with Crippen molar-refractivity contribution >= 4 is 24.0 Å². The van der Waals surface area contributed by atoms with Crippen molar-refractivity contribution < 1.29 is 0 Å². The van der Waals surface area contributed by atoms with Gasteiger partial charge in [-0.05, 0) is 25.8 Å². The molecule has 1 heterocycles. The fraction of sp³-hybridized carbons (Fsp3) is 0.286. The third-order valence-electron chi connectivity index (χ3n) is 1.33. The van der Waals surface area contributed by atoms with E-state index in [4.69, 9.17) is 5.14 Å². The van der Waals surface area contributed by atoms with Crippen molar-refractivity contribution in [2.75, 3.05) is 0 Å². The number of aryl methyl sites for hydroxylation is 1. The van der Waals surface area contributed by atoms with Crippen molar-refractivity contribution in [1.29, 1.82) is 0 Å². The summed E-state index contributed by atoms with van der Waals surface area (Å²) in [5.74, 6) is 0.637. The number of hydrogen-bond acceptors (Lipinski definition) is 5. The number of nitrogens with zero attached hydrogens (tertiary/aromatic N) is 3. The van der Waals surface area contributed by atoms with Gasteiger partial charge in [-0.25, -0.2) is 15.0 Å². The Morgan fingerprint density at radius 1 is 1.58 bits per heavy atom. The van der Waals surface area contributed by atoms with E-state index in [-0.39, 0.29) is 0 Å². The highest BCUT2D eigenvalue weighted by Crippen LogP contribution is 2.24. The van der Waals surface area contributed by atoms with Gasteiger partial charge in [-0.1, -0.05) is 0 Å². The lowest BCUT2D eigenvalue weighted by atomic mass is 10.4. The van der Waals surface area contributed by atoms with E-state index in [0.29, 0.717) is 5.82 Å². The van der Waals surface area contributed by atoms with Gasteiger partial charge in [0.2, 0.25) is 0 Å². The third-order valence-corrected chi connectivity index (χ3v) is 2.05. The number of rotatable bonds is 2. The number of nitrogens with two attached hydrogens (primary N) is 1. The quantitative estimate of drug-likeness (QED) is 0.555. The fourth-order valence-electron chi connectivity index (χ4n) is 0.801. The normalized spacial score (nSPS) is 10.9. The maximum absolute atomic E-state index is 5.44. The van der Waals surface area contributed by atoms with Gasteiger partial charge >= 0.3 is 0 Å². The van der Waals surface area contributed by atoms with Crippen molar-refractivity contribution in [3.8, 4) is 0 Å². The maximum Gasteiger partial charge on any atom is 0.170 e. The number of aromatic nitrogens is 2. The van der Waals surface area contributed by atoms with Gasteiger partial charge in [0.15, 0.2) is 5.82 Å². The number of aliphatic imine (C=N–C) groups is 1. The molecule has 0 aliphatic heterocycles. The molecule has 0 aromatic carbocycles. The predicted molar refractivity (Wildman–Crippen MR) is 50.6 cm³/mol. The van der Waals surface area contributed by atoms with Crippen LogP contribution in [0.5, 0.6) is 0 Å². The molecule has 12 heavy (non-hydrogen) atoms. The molecular weight excluding hydrogens is 172 g/mol. The van der Waals surface area contributed by atoms with Crippen molar-refractivity contribution in [2.24, 2.45) is 10.1 Å². The third kappa shape index (κ3) is 1.80. The molecular formula is C7H10N4S. The zero-order chi connectivity index (χ0) is 8.97. The first-order valence-electron chi connectivity index (χ1n) is 3.46. The van der Waals surface area contributed by atoms with Crippen LogP contribution in [0, 0.1) is 6.92 Å². The summed E-state index contributed by atoms with van der Waals surface area (Å²) in [7, 11) is 0. The lowest BCUT2D eigenvalue weighted by molar-refractivity contribution is 1.02. The first kappa shape index (κ1) is 9.15. The maximum atomic E-state index is 5.44. The monoisotopic (exact) mass is 182 g/mol. The summed E-state index contributed by atoms with van der Waals surface area (Å²) in [5, 5.41) is 5.44. The average Bonchev–Trinajstić information content (AvgIpc) is 2.05. The summed E-state index contributed by atoms with van der Waals surface area (Å²) in [4.78, 5) is 12.9. The molecule has 1 rings (SSSR count). The Balaban J connectivity index is 3.18. The summed E-state index contributed by atoms with van der Waals surface area (Å²) in [6.45, 7) is 3.72. The smallest absolute Gasteiger partial charge is 0.170 e. The summed E-state index contributed by atoms with van der Waals surface area (Å²) in [5.41, 5.74) is 0.859. The molecule has 0 spiro atoms. The van der Waals surface area contributed by atoms with Crippen molar-refractivity contribution in [2.45, 2.75) is 18.7 Å². The molecule has 2 N–H and O–H groups in total. The van der Waals surface area contributed by atoms with E-state index >= 15 is 0 Å². The van der Waals surface area contributed by atoms with Crippen molar-refractivity contribution in [1.82, 2.24) is 9.97 Å². The van der Waals surface area contributed by atoms with E-state index in [1.54, 1.807) is 6.21 Å². The Morgan fingerprint density at radius 2 is 2.33 bits per heavy atom. The van der Waals surface area contributed by atoms with Gasteiger partial charge in [-0.3, -0.25) is 5.14 Å². The second-order valence-electron chi connectivity index (χ2n) is 2.12. The zero-order valence-corrected chi connectivity index (χ0v) is 7.80. The van der Waals surface area contributed by atoms with Crippen molar-refractivity contribution in [3.05, 3.63) is 12.0 Å². The summed E-state index contributed by atoms with van der Waals surface area (Å²) >= 11 is 1.12. The zero-order valence-electron chi connectivity index (χ0n) is 6.98. The minimum absolute atomic E-state index is 0.637. The largest absolute Gasteiger partial charge is 0.273 e. The molecule has 0 fully saturated rings. The molecule has 0 saturated heterocycles. The lowest BCUT2D eigenvalue weighted by Crippen LogP contribution is -1.91. The lowest BCUT2D eigenvalue weighted by Gasteiger charge is -2.01. The van der Waals surface area contributed by atoms with Gasteiger partial charge in [0.1, 0.15) is 6.33 Å². The van der Waals surface area contributed by atoms with Crippen LogP contribution in [0.1, 0.15) is 12.6 Å². The highest BCUT2D eigenvalue weighted by molar-refractivity contribution is 7.97. The topological polar surface area (TPSA) is 64.2 Å². The summed E-state index contributed by atoms with van der Waals surface area (Å²) in [6, 6.07) is 0. The average molecular weight is 182 g/mol. The highest BCUT2D eigenvalue weighted by atomic mass is 32.2. The van der Waals surface area contributed by atoms with Crippen LogP contribution in [-0.2, 0) is 0 Å². The second kappa shape index (κ2) is 4.18. The predicted octanol–water partition coefficient (Wildman–Crippen LogP) is 1.47. The van der Waals surface area contributed by atoms with Gasteiger partial charge in [0.05, 0.1) is 10.6 Å². The Kier molecular flexibility index (Phi) is 3.19. The summed E-state index contributed by atoms with van der Waals surface area (Å²) < 4.78 is 0. The van der Waals surface area contributed by atoms with E-state index in [1.807, 2.05) is 13.8 Å². The van der Waals surface area contributed by atoms with Crippen LogP contribution in [0.15, 0.2) is 16.2 Å². The van der Waals surface area contributed by atoms with E-state index < -0.39 is 0 Å². The first-order valence-corrected chi connectivity index (χ1v) is 4.34. The second-order valence-corrected chi connectivity index (χ2v) is 2.76. The minimum Gasteiger partial charge on any atom is -0.273 e. The van der Waals surface area contributed by atoms with Crippen LogP contribution < -0.4 is 5.14 Å². The van der Waals surface area contributed by atoms with E-state index in [9.17, 15) is 0 Å². The van der Waals surface area contributed by atoms with Gasteiger partial charge in [0.25, 0.3) is 0 Å². The fourth-order valence-corrected chi connectivity index (χ4v) is 1.24. The molecule has 0 unspecified atom stereocenters. The Bertz CT molecular complexity index is 297. The molecule has 4 nitrogen and oxygen atoms in total. The molecule has 1 aromatic heterocycles. The first-order chi connectivity index (χ1) is 5.79. The van der Waals surface area contributed by atoms with E-state index in [1.165, 1.54) is 6.33 Å². The minimum atomic E-state index is 0.637. The van der Waals surface area contributed by atoms with Gasteiger partial charge in [-0.15, -0.1) is 0 Å². The van der Waals surface area contributed by atoms with Gasteiger partial charge in [0, 0.05) is 6.21 Å². The highest BCUT2D eigenvalue weighted by Gasteiger charge is 2.04. The van der Waals surface area contributed by atoms with Crippen LogP contribution in [-0.4, -0.2) is 16.2 Å². The molecule has 64 valence electrons. The SMILES string of the molecule is C/C=N\c1ncnc(C)c1SN. The molecule has 0 amide bonds. The van der Waals surface area contributed by atoms with Crippen LogP contribution >= 0.6 is 11.9 Å². The van der Waals surface area contributed by atoms with E-state index in [0.717, 1.165) is 22.5 Å². The van der Waals surface area contributed by atoms with Crippen LogP contribution in [0.4, 0.5) is 5.82 Å². The summed E-state index contributed by atoms with van der Waals surface area (Å²) in [6.07, 6.45) is 3.17. The van der Waals surface area contributed by atoms with Crippen molar-refractivity contribution in [3.63, 3.8) is 0 Å². The van der Waals surface area contributed by atoms with E-state index in [2.05, 4.69) is 15.0 Å². The molecule has 0 atom stereocenters. The van der Waals surface area contributed by atoms with Gasteiger partial charge < -0.3 is 0 Å². The Labute approximate surface area is 75.5 Å². The molecule has 0 saturated carbocycles. The Hall–Kier alpha value is -0.940. The van der Waals surface area contributed by atoms with Crippen LogP contribution in [0.25, 0.3) is 0 Å². The Morgan fingerprint density at radius 3 is 2.92 bits per heavy atom. The van der Waals surface area contributed by atoms with Crippen LogP contribution in [0.2, 0.25) is 0 Å². The molecule has 0 radical (unpaired) electrons. The van der Waals surface area contributed by atoms with Gasteiger partial charge in [-0.2, -0.15) is 0 Å². The number of hydrogen-bond donors (Lipinski definition) is 1.